The predicted molar refractivity (Wildman–Crippen MR) is 75.5 cm³/mol. The van der Waals surface area contributed by atoms with Gasteiger partial charge in [0.15, 0.2) is 0 Å². The van der Waals surface area contributed by atoms with Crippen molar-refractivity contribution in [1.82, 2.24) is 0 Å². The second kappa shape index (κ2) is 5.61. The second-order valence-electron chi connectivity index (χ2n) is 3.89. The molecule has 0 saturated heterocycles. The van der Waals surface area contributed by atoms with E-state index >= 15 is 0 Å². The van der Waals surface area contributed by atoms with Crippen LogP contribution in [0.3, 0.4) is 0 Å². The maximum absolute atomic E-state index is 6.20. The maximum Gasteiger partial charge on any atom is 0.120 e. The highest BCUT2D eigenvalue weighted by Crippen LogP contribution is 2.32. The highest BCUT2D eigenvalue weighted by atomic mass is 35.5. The molecule has 0 aliphatic carbocycles. The lowest BCUT2D eigenvalue weighted by atomic mass is 9.99. The molecule has 0 fully saturated rings. The van der Waals surface area contributed by atoms with Crippen LogP contribution in [-0.2, 0) is 0 Å². The molecule has 0 bridgehead atoms. The summed E-state index contributed by atoms with van der Waals surface area (Å²) in [6, 6.07) is 12.6. The summed E-state index contributed by atoms with van der Waals surface area (Å²) in [6.45, 7) is 0. The zero-order chi connectivity index (χ0) is 13.1. The zero-order valence-corrected chi connectivity index (χ0v) is 11.4. The molecule has 2 aromatic carbocycles. The minimum absolute atomic E-state index is 0.350. The van der Waals surface area contributed by atoms with Gasteiger partial charge in [-0.3, -0.25) is 0 Å². The molecule has 18 heavy (non-hydrogen) atoms. The number of hydrogen-bond donors (Lipinski definition) is 1. The fourth-order valence-corrected chi connectivity index (χ4v) is 2.32. The smallest absolute Gasteiger partial charge is 0.120 e. The van der Waals surface area contributed by atoms with Crippen LogP contribution in [-0.4, -0.2) is 7.11 Å². The Balaban J connectivity index is 2.40. The highest BCUT2D eigenvalue weighted by Gasteiger charge is 2.15. The minimum Gasteiger partial charge on any atom is -0.497 e. The standard InChI is InChI=1S/C14H13Cl2NO/c1-18-9-6-7-11(13(16)8-9)14(17)10-4-2-3-5-12(10)15/h2-8,14H,17H2,1H3. The SMILES string of the molecule is COc1ccc(C(N)c2ccccc2Cl)c(Cl)c1. The van der Waals surface area contributed by atoms with Crippen LogP contribution in [0, 0.1) is 0 Å². The Morgan fingerprint density at radius 1 is 1.00 bits per heavy atom. The van der Waals surface area contributed by atoms with Crippen LogP contribution in [0.1, 0.15) is 17.2 Å². The van der Waals surface area contributed by atoms with Gasteiger partial charge in [0.25, 0.3) is 0 Å². The predicted octanol–water partition coefficient (Wildman–Crippen LogP) is 4.05. The summed E-state index contributed by atoms with van der Waals surface area (Å²) in [6.07, 6.45) is 0. The highest BCUT2D eigenvalue weighted by molar-refractivity contribution is 6.32. The van der Waals surface area contributed by atoms with Crippen molar-refractivity contribution in [2.24, 2.45) is 5.73 Å². The number of hydrogen-bond acceptors (Lipinski definition) is 2. The Kier molecular flexibility index (Phi) is 4.12. The molecule has 2 N–H and O–H groups in total. The maximum atomic E-state index is 6.20. The molecular formula is C14H13Cl2NO. The number of nitrogens with two attached hydrogens (primary N) is 1. The van der Waals surface area contributed by atoms with Gasteiger partial charge in [-0.2, -0.15) is 0 Å². The molecule has 2 rings (SSSR count). The summed E-state index contributed by atoms with van der Waals surface area (Å²) in [5, 5.41) is 1.21. The summed E-state index contributed by atoms with van der Waals surface area (Å²) in [7, 11) is 1.60. The van der Waals surface area contributed by atoms with E-state index in [2.05, 4.69) is 0 Å². The van der Waals surface area contributed by atoms with Gasteiger partial charge in [-0.15, -0.1) is 0 Å². The molecule has 0 amide bonds. The summed E-state index contributed by atoms with van der Waals surface area (Å²) >= 11 is 12.3. The van der Waals surface area contributed by atoms with Gasteiger partial charge < -0.3 is 10.5 Å². The lowest BCUT2D eigenvalue weighted by Crippen LogP contribution is -2.12. The first-order chi connectivity index (χ1) is 8.63. The number of rotatable bonds is 3. The van der Waals surface area contributed by atoms with Crippen LogP contribution in [0.4, 0.5) is 0 Å². The van der Waals surface area contributed by atoms with E-state index in [0.29, 0.717) is 15.8 Å². The lowest BCUT2D eigenvalue weighted by Gasteiger charge is -2.16. The van der Waals surface area contributed by atoms with Gasteiger partial charge in [0.2, 0.25) is 0 Å². The average Bonchev–Trinajstić information content (AvgIpc) is 2.38. The molecule has 0 aliphatic rings. The van der Waals surface area contributed by atoms with E-state index in [4.69, 9.17) is 33.7 Å². The fraction of sp³-hybridized carbons (Fsp3) is 0.143. The van der Waals surface area contributed by atoms with Crippen molar-refractivity contribution >= 4 is 23.2 Å². The molecular weight excluding hydrogens is 269 g/mol. The molecule has 94 valence electrons. The Labute approximate surface area is 116 Å². The number of benzene rings is 2. The summed E-state index contributed by atoms with van der Waals surface area (Å²) in [4.78, 5) is 0. The van der Waals surface area contributed by atoms with Crippen LogP contribution in [0.25, 0.3) is 0 Å². The number of methoxy groups -OCH3 is 1. The van der Waals surface area contributed by atoms with Crippen LogP contribution < -0.4 is 10.5 Å². The summed E-state index contributed by atoms with van der Waals surface area (Å²) < 4.78 is 5.11. The second-order valence-corrected chi connectivity index (χ2v) is 4.70. The van der Waals surface area contributed by atoms with E-state index in [1.165, 1.54) is 0 Å². The largest absolute Gasteiger partial charge is 0.497 e. The summed E-state index contributed by atoms with van der Waals surface area (Å²) in [5.41, 5.74) is 7.88. The first-order valence-corrected chi connectivity index (χ1v) is 6.22. The quantitative estimate of drug-likeness (QED) is 0.921. The molecule has 0 saturated carbocycles. The fourth-order valence-electron chi connectivity index (χ4n) is 1.78. The van der Waals surface area contributed by atoms with Crippen molar-refractivity contribution in [2.45, 2.75) is 6.04 Å². The molecule has 1 unspecified atom stereocenters. The molecule has 0 radical (unpaired) electrons. The number of ether oxygens (including phenoxy) is 1. The Morgan fingerprint density at radius 3 is 2.28 bits per heavy atom. The van der Waals surface area contributed by atoms with Crippen LogP contribution in [0.15, 0.2) is 42.5 Å². The third kappa shape index (κ3) is 2.61. The van der Waals surface area contributed by atoms with Crippen LogP contribution in [0.5, 0.6) is 5.75 Å². The van der Waals surface area contributed by atoms with Crippen molar-refractivity contribution in [3.8, 4) is 5.75 Å². The zero-order valence-electron chi connectivity index (χ0n) is 9.86. The number of halogens is 2. The van der Waals surface area contributed by atoms with E-state index in [1.807, 2.05) is 36.4 Å². The van der Waals surface area contributed by atoms with Gasteiger partial charge in [0, 0.05) is 10.0 Å². The topological polar surface area (TPSA) is 35.2 Å². The third-order valence-corrected chi connectivity index (χ3v) is 3.45. The molecule has 0 heterocycles. The van der Waals surface area contributed by atoms with Crippen LogP contribution >= 0.6 is 23.2 Å². The average molecular weight is 282 g/mol. The Hall–Kier alpha value is -1.22. The molecule has 2 nitrogen and oxygen atoms in total. The summed E-state index contributed by atoms with van der Waals surface area (Å²) in [5.74, 6) is 0.704. The van der Waals surface area contributed by atoms with Gasteiger partial charge >= 0.3 is 0 Å². The van der Waals surface area contributed by atoms with Crippen molar-refractivity contribution < 1.29 is 4.74 Å². The molecule has 0 aliphatic heterocycles. The van der Waals surface area contributed by atoms with E-state index in [0.717, 1.165) is 11.1 Å². The lowest BCUT2D eigenvalue weighted by molar-refractivity contribution is 0.414. The first-order valence-electron chi connectivity index (χ1n) is 5.47. The molecule has 0 spiro atoms. The Bertz CT molecular complexity index is 557. The molecule has 2 aromatic rings. The minimum atomic E-state index is -0.350. The monoisotopic (exact) mass is 281 g/mol. The van der Waals surface area contributed by atoms with Crippen molar-refractivity contribution in [1.29, 1.82) is 0 Å². The van der Waals surface area contributed by atoms with Gasteiger partial charge in [0.05, 0.1) is 13.2 Å². The van der Waals surface area contributed by atoms with E-state index in [9.17, 15) is 0 Å². The van der Waals surface area contributed by atoms with E-state index in [-0.39, 0.29) is 6.04 Å². The first kappa shape index (κ1) is 13.2. The van der Waals surface area contributed by atoms with Gasteiger partial charge in [-0.05, 0) is 29.3 Å². The molecule has 4 heteroatoms. The van der Waals surface area contributed by atoms with E-state index < -0.39 is 0 Å². The normalized spacial score (nSPS) is 12.2. The molecule has 0 aromatic heterocycles. The van der Waals surface area contributed by atoms with Gasteiger partial charge in [0.1, 0.15) is 5.75 Å². The Morgan fingerprint density at radius 2 is 1.67 bits per heavy atom. The van der Waals surface area contributed by atoms with Gasteiger partial charge in [-0.25, -0.2) is 0 Å². The van der Waals surface area contributed by atoms with E-state index in [1.54, 1.807) is 13.2 Å². The third-order valence-electron chi connectivity index (χ3n) is 2.78. The van der Waals surface area contributed by atoms with Crippen molar-refractivity contribution in [2.75, 3.05) is 7.11 Å². The van der Waals surface area contributed by atoms with Crippen LogP contribution in [0.2, 0.25) is 10.0 Å². The van der Waals surface area contributed by atoms with Crippen molar-refractivity contribution in [3.63, 3.8) is 0 Å². The van der Waals surface area contributed by atoms with Gasteiger partial charge in [-0.1, -0.05) is 47.5 Å². The van der Waals surface area contributed by atoms with Crippen molar-refractivity contribution in [3.05, 3.63) is 63.6 Å². The molecule has 1 atom stereocenters.